The van der Waals surface area contributed by atoms with E-state index < -0.39 is 18.0 Å². The monoisotopic (exact) mass is 377 g/mol. The number of rotatable bonds is 7. The molecule has 7 heteroatoms. The Morgan fingerprint density at radius 3 is 2.46 bits per heavy atom. The number of para-hydroxylation sites is 2. The van der Waals surface area contributed by atoms with Gasteiger partial charge in [0.2, 0.25) is 0 Å². The third-order valence-electron chi connectivity index (χ3n) is 3.62. The van der Waals surface area contributed by atoms with E-state index in [0.29, 0.717) is 27.8 Å². The molecule has 0 aliphatic heterocycles. The first-order chi connectivity index (χ1) is 12.4. The summed E-state index contributed by atoms with van der Waals surface area (Å²) in [5.74, 6) is 0.0228. The van der Waals surface area contributed by atoms with Gasteiger partial charge in [0.15, 0.2) is 6.10 Å². The highest BCUT2D eigenvalue weighted by atomic mass is 35.5. The zero-order valence-electron chi connectivity index (χ0n) is 14.7. The molecule has 0 saturated carbocycles. The van der Waals surface area contributed by atoms with Gasteiger partial charge in [0, 0.05) is 10.6 Å². The predicted octanol–water partition coefficient (Wildman–Crippen LogP) is 3.47. The van der Waals surface area contributed by atoms with Gasteiger partial charge in [0.25, 0.3) is 5.91 Å². The fourth-order valence-corrected chi connectivity index (χ4v) is 2.51. The van der Waals surface area contributed by atoms with Crippen molar-refractivity contribution in [3.63, 3.8) is 0 Å². The molecule has 2 aromatic rings. The van der Waals surface area contributed by atoms with Crippen molar-refractivity contribution in [3.8, 4) is 11.5 Å². The fourth-order valence-electron chi connectivity index (χ4n) is 2.32. The van der Waals surface area contributed by atoms with Crippen LogP contribution < -0.4 is 14.8 Å². The molecule has 1 amide bonds. The van der Waals surface area contributed by atoms with Crippen LogP contribution >= 0.6 is 11.6 Å². The van der Waals surface area contributed by atoms with E-state index in [1.165, 1.54) is 21.1 Å². The Balaban J connectivity index is 1.98. The van der Waals surface area contributed by atoms with Gasteiger partial charge < -0.3 is 19.5 Å². The molecular weight excluding hydrogens is 358 g/mol. The van der Waals surface area contributed by atoms with Crippen LogP contribution in [0.5, 0.6) is 11.5 Å². The third-order valence-corrected chi connectivity index (χ3v) is 3.85. The van der Waals surface area contributed by atoms with Crippen molar-refractivity contribution in [2.75, 3.05) is 19.5 Å². The number of hydrogen-bond donors (Lipinski definition) is 1. The summed E-state index contributed by atoms with van der Waals surface area (Å²) in [7, 11) is 3.01. The molecule has 0 heterocycles. The Hall–Kier alpha value is -2.73. The van der Waals surface area contributed by atoms with Crippen molar-refractivity contribution >= 4 is 29.2 Å². The number of carbonyl (C=O) groups is 2. The van der Waals surface area contributed by atoms with Crippen LogP contribution in [0.1, 0.15) is 12.5 Å². The zero-order chi connectivity index (χ0) is 19.1. The molecule has 0 unspecified atom stereocenters. The largest absolute Gasteiger partial charge is 0.496 e. The molecule has 1 N–H and O–H groups in total. The zero-order valence-corrected chi connectivity index (χ0v) is 15.5. The molecule has 0 bridgehead atoms. The van der Waals surface area contributed by atoms with Crippen LogP contribution in [0.4, 0.5) is 5.69 Å². The lowest BCUT2D eigenvalue weighted by Gasteiger charge is -2.15. The van der Waals surface area contributed by atoms with Gasteiger partial charge in [-0.15, -0.1) is 0 Å². The van der Waals surface area contributed by atoms with E-state index in [2.05, 4.69) is 5.32 Å². The summed E-state index contributed by atoms with van der Waals surface area (Å²) >= 11 is 5.95. The number of halogens is 1. The number of benzene rings is 2. The summed E-state index contributed by atoms with van der Waals surface area (Å²) in [6.07, 6.45) is -1.03. The molecule has 0 spiro atoms. The molecule has 6 nitrogen and oxygen atoms in total. The number of carbonyl (C=O) groups excluding carboxylic acids is 2. The smallest absolute Gasteiger partial charge is 0.311 e. The highest BCUT2D eigenvalue weighted by Gasteiger charge is 2.20. The summed E-state index contributed by atoms with van der Waals surface area (Å²) in [6, 6.07) is 11.9. The normalized spacial score (nSPS) is 11.4. The summed E-state index contributed by atoms with van der Waals surface area (Å²) in [5, 5.41) is 3.16. The van der Waals surface area contributed by atoms with Gasteiger partial charge in [0.1, 0.15) is 11.5 Å². The maximum absolute atomic E-state index is 12.3. The minimum absolute atomic E-state index is 0.0595. The Morgan fingerprint density at radius 2 is 1.77 bits per heavy atom. The van der Waals surface area contributed by atoms with Crippen LogP contribution in [0.2, 0.25) is 5.02 Å². The van der Waals surface area contributed by atoms with Crippen LogP contribution in [0, 0.1) is 0 Å². The van der Waals surface area contributed by atoms with Crippen molar-refractivity contribution in [3.05, 3.63) is 53.1 Å². The molecule has 0 fully saturated rings. The highest BCUT2D eigenvalue weighted by molar-refractivity contribution is 6.30. The van der Waals surface area contributed by atoms with Crippen LogP contribution in [-0.2, 0) is 20.7 Å². The molecule has 0 aliphatic carbocycles. The van der Waals surface area contributed by atoms with E-state index in [1.54, 1.807) is 42.5 Å². The van der Waals surface area contributed by atoms with Gasteiger partial charge in [-0.25, -0.2) is 0 Å². The first-order valence-corrected chi connectivity index (χ1v) is 8.28. The van der Waals surface area contributed by atoms with Gasteiger partial charge in [-0.1, -0.05) is 23.7 Å². The fraction of sp³-hybridized carbons (Fsp3) is 0.263. The lowest BCUT2D eigenvalue weighted by atomic mass is 10.1. The number of methoxy groups -OCH3 is 2. The topological polar surface area (TPSA) is 73.9 Å². The van der Waals surface area contributed by atoms with Crippen molar-refractivity contribution in [1.82, 2.24) is 0 Å². The number of anilines is 1. The molecule has 26 heavy (non-hydrogen) atoms. The van der Waals surface area contributed by atoms with Gasteiger partial charge in [0.05, 0.1) is 26.3 Å². The highest BCUT2D eigenvalue weighted by Crippen LogP contribution is 2.24. The van der Waals surface area contributed by atoms with Crippen LogP contribution in [0.15, 0.2) is 42.5 Å². The van der Waals surface area contributed by atoms with E-state index in [-0.39, 0.29) is 6.42 Å². The molecule has 138 valence electrons. The minimum atomic E-state index is -0.974. The first kappa shape index (κ1) is 19.6. The predicted molar refractivity (Wildman–Crippen MR) is 98.9 cm³/mol. The minimum Gasteiger partial charge on any atom is -0.496 e. The average Bonchev–Trinajstić information content (AvgIpc) is 2.62. The lowest BCUT2D eigenvalue weighted by Crippen LogP contribution is -2.30. The Bertz CT molecular complexity index is 793. The van der Waals surface area contributed by atoms with E-state index in [9.17, 15) is 9.59 Å². The molecule has 0 aromatic heterocycles. The number of amides is 1. The molecular formula is C19H20ClNO5. The maximum atomic E-state index is 12.3. The molecule has 1 atom stereocenters. The quantitative estimate of drug-likeness (QED) is 0.748. The van der Waals surface area contributed by atoms with E-state index in [1.807, 2.05) is 0 Å². The van der Waals surface area contributed by atoms with Crippen molar-refractivity contribution in [1.29, 1.82) is 0 Å². The molecule has 0 aliphatic rings. The van der Waals surface area contributed by atoms with Gasteiger partial charge in [-0.2, -0.15) is 0 Å². The second-order valence-electron chi connectivity index (χ2n) is 5.45. The van der Waals surface area contributed by atoms with Crippen LogP contribution in [0.25, 0.3) is 0 Å². The molecule has 0 saturated heterocycles. The van der Waals surface area contributed by atoms with E-state index in [4.69, 9.17) is 25.8 Å². The Kier molecular flexibility index (Phi) is 6.86. The standard InChI is InChI=1S/C19H20ClNO5/c1-12(19(23)21-15-6-4-5-7-17(15)25-3)26-18(22)11-13-10-14(20)8-9-16(13)24-2/h4-10,12H,11H2,1-3H3,(H,21,23)/t12-/m1/s1. The van der Waals surface area contributed by atoms with Crippen molar-refractivity contribution < 1.29 is 23.8 Å². The second kappa shape index (κ2) is 9.10. The number of ether oxygens (including phenoxy) is 3. The second-order valence-corrected chi connectivity index (χ2v) is 5.89. The number of hydrogen-bond acceptors (Lipinski definition) is 5. The molecule has 0 radical (unpaired) electrons. The molecule has 2 aromatic carbocycles. The van der Waals surface area contributed by atoms with Crippen LogP contribution in [-0.4, -0.2) is 32.2 Å². The van der Waals surface area contributed by atoms with Gasteiger partial charge >= 0.3 is 5.97 Å². The van der Waals surface area contributed by atoms with Crippen LogP contribution in [0.3, 0.4) is 0 Å². The summed E-state index contributed by atoms with van der Waals surface area (Å²) < 4.78 is 15.6. The SMILES string of the molecule is COc1ccc(Cl)cc1CC(=O)O[C@H](C)C(=O)Nc1ccccc1OC. The number of esters is 1. The summed E-state index contributed by atoms with van der Waals surface area (Å²) in [4.78, 5) is 24.4. The van der Waals surface area contributed by atoms with Crippen molar-refractivity contribution in [2.24, 2.45) is 0 Å². The van der Waals surface area contributed by atoms with E-state index >= 15 is 0 Å². The van der Waals surface area contributed by atoms with Gasteiger partial charge in [-0.05, 0) is 37.3 Å². The third kappa shape index (κ3) is 5.13. The Labute approximate surface area is 157 Å². The summed E-state index contributed by atoms with van der Waals surface area (Å²) in [5.41, 5.74) is 1.08. The lowest BCUT2D eigenvalue weighted by molar-refractivity contribution is -0.152. The maximum Gasteiger partial charge on any atom is 0.311 e. The Morgan fingerprint density at radius 1 is 1.08 bits per heavy atom. The first-order valence-electron chi connectivity index (χ1n) is 7.90. The number of nitrogens with one attached hydrogen (secondary N) is 1. The van der Waals surface area contributed by atoms with Crippen molar-refractivity contribution in [2.45, 2.75) is 19.4 Å². The average molecular weight is 378 g/mol. The summed E-state index contributed by atoms with van der Waals surface area (Å²) in [6.45, 7) is 1.50. The van der Waals surface area contributed by atoms with E-state index in [0.717, 1.165) is 0 Å². The van der Waals surface area contributed by atoms with Gasteiger partial charge in [-0.3, -0.25) is 9.59 Å². The molecule has 2 rings (SSSR count).